The van der Waals surface area contributed by atoms with Gasteiger partial charge in [-0.3, -0.25) is 14.5 Å². The van der Waals surface area contributed by atoms with E-state index in [1.807, 2.05) is 24.3 Å². The van der Waals surface area contributed by atoms with Crippen LogP contribution in [0.5, 0.6) is 11.5 Å². The lowest BCUT2D eigenvalue weighted by atomic mass is 9.94. The molecule has 1 atom stereocenters. The molecule has 6 heteroatoms. The van der Waals surface area contributed by atoms with E-state index >= 15 is 0 Å². The fraction of sp³-hybridized carbons (Fsp3) is 0.304. The minimum atomic E-state index is -0.691. The maximum atomic E-state index is 13.0. The third-order valence-corrected chi connectivity index (χ3v) is 5.34. The van der Waals surface area contributed by atoms with Gasteiger partial charge in [-0.2, -0.15) is 0 Å². The van der Waals surface area contributed by atoms with Crippen LogP contribution in [0.1, 0.15) is 37.4 Å². The molecule has 0 aromatic heterocycles. The van der Waals surface area contributed by atoms with Crippen LogP contribution in [0.15, 0.2) is 53.8 Å². The molecule has 2 aliphatic heterocycles. The van der Waals surface area contributed by atoms with Crippen LogP contribution >= 0.6 is 0 Å². The summed E-state index contributed by atoms with van der Waals surface area (Å²) in [5.41, 5.74) is 2.60. The molecular weight excluding hydrogens is 370 g/mol. The molecule has 150 valence electrons. The van der Waals surface area contributed by atoms with E-state index in [4.69, 9.17) is 9.47 Å². The lowest BCUT2D eigenvalue weighted by Gasteiger charge is -2.28. The third kappa shape index (κ3) is 3.24. The Morgan fingerprint density at radius 1 is 1.07 bits per heavy atom. The molecular formula is C23H23NO5. The van der Waals surface area contributed by atoms with Gasteiger partial charge < -0.3 is 14.6 Å². The zero-order chi connectivity index (χ0) is 20.5. The monoisotopic (exact) mass is 393 g/mol. The Labute approximate surface area is 169 Å². The number of Topliss-reactive ketones (excluding diaryl/α,β-unsaturated/α-hetero) is 1. The van der Waals surface area contributed by atoms with Crippen LogP contribution in [0.25, 0.3) is 0 Å². The molecule has 1 unspecified atom stereocenters. The number of rotatable bonds is 5. The second kappa shape index (κ2) is 7.62. The zero-order valence-corrected chi connectivity index (χ0v) is 16.5. The molecule has 0 saturated heterocycles. The van der Waals surface area contributed by atoms with Gasteiger partial charge in [0.2, 0.25) is 0 Å². The summed E-state index contributed by atoms with van der Waals surface area (Å²) in [7, 11) is 0. The topological polar surface area (TPSA) is 76.1 Å². The summed E-state index contributed by atoms with van der Waals surface area (Å²) < 4.78 is 11.2. The molecule has 2 aromatic rings. The van der Waals surface area contributed by atoms with Crippen molar-refractivity contribution in [1.29, 1.82) is 0 Å². The van der Waals surface area contributed by atoms with Crippen molar-refractivity contribution >= 4 is 17.4 Å². The van der Waals surface area contributed by atoms with Crippen LogP contribution in [0, 0.1) is 0 Å². The van der Waals surface area contributed by atoms with Crippen molar-refractivity contribution in [3.05, 3.63) is 64.9 Å². The number of aliphatic hydroxyl groups excluding tert-OH is 1. The molecule has 29 heavy (non-hydrogen) atoms. The Balaban J connectivity index is 1.82. The molecule has 0 bridgehead atoms. The number of carbonyl (C=O) groups excluding carboxylic acids is 2. The summed E-state index contributed by atoms with van der Waals surface area (Å²) in [4.78, 5) is 27.1. The zero-order valence-electron chi connectivity index (χ0n) is 16.5. The van der Waals surface area contributed by atoms with Gasteiger partial charge in [0.15, 0.2) is 23.0 Å². The normalized spacial score (nSPS) is 18.3. The number of anilines is 1. The molecule has 2 aromatic carbocycles. The van der Waals surface area contributed by atoms with Gasteiger partial charge in [-0.25, -0.2) is 0 Å². The summed E-state index contributed by atoms with van der Waals surface area (Å²) in [5.74, 6) is -0.186. The molecule has 1 N–H and O–H groups in total. The standard InChI is InChI=1S/C23H23NO5/c1-3-14-5-7-15(8-6-14)21-20(17(25)4-2)22(26)23(27)24(21)16-9-10-18-19(13-16)29-12-11-28-18/h5-10,13,21,26H,3-4,11-12H2,1-2H3. The number of ether oxygens (including phenoxy) is 2. The molecule has 0 saturated carbocycles. The molecule has 1 amide bonds. The quantitative estimate of drug-likeness (QED) is 0.834. The van der Waals surface area contributed by atoms with Crippen molar-refractivity contribution in [2.45, 2.75) is 32.7 Å². The summed E-state index contributed by atoms with van der Waals surface area (Å²) in [5, 5.41) is 10.6. The van der Waals surface area contributed by atoms with Crippen molar-refractivity contribution < 1.29 is 24.2 Å². The second-order valence-corrected chi connectivity index (χ2v) is 7.04. The Bertz CT molecular complexity index is 993. The molecule has 6 nitrogen and oxygen atoms in total. The first-order valence-corrected chi connectivity index (χ1v) is 9.83. The Morgan fingerprint density at radius 3 is 2.41 bits per heavy atom. The highest BCUT2D eigenvalue weighted by Gasteiger charge is 2.44. The first-order valence-electron chi connectivity index (χ1n) is 9.83. The van der Waals surface area contributed by atoms with Gasteiger partial charge in [-0.1, -0.05) is 38.1 Å². The molecule has 0 radical (unpaired) electrons. The number of aliphatic hydroxyl groups is 1. The molecule has 0 aliphatic carbocycles. The predicted octanol–water partition coefficient (Wildman–Crippen LogP) is 3.90. The number of ketones is 1. The maximum absolute atomic E-state index is 13.0. The van der Waals surface area contributed by atoms with E-state index in [0.717, 1.165) is 17.5 Å². The largest absolute Gasteiger partial charge is 0.503 e. The fourth-order valence-electron chi connectivity index (χ4n) is 3.78. The van der Waals surface area contributed by atoms with Gasteiger partial charge in [0.25, 0.3) is 5.91 Å². The predicted molar refractivity (Wildman–Crippen MR) is 108 cm³/mol. The van der Waals surface area contributed by atoms with E-state index in [2.05, 4.69) is 6.92 Å². The number of nitrogens with zero attached hydrogens (tertiary/aromatic N) is 1. The smallest absolute Gasteiger partial charge is 0.294 e. The third-order valence-electron chi connectivity index (χ3n) is 5.34. The van der Waals surface area contributed by atoms with Crippen LogP contribution in [0.2, 0.25) is 0 Å². The number of hydrogen-bond acceptors (Lipinski definition) is 5. The number of benzene rings is 2. The molecule has 0 spiro atoms. The molecule has 2 aliphatic rings. The molecule has 2 heterocycles. The van der Waals surface area contributed by atoms with Crippen LogP contribution < -0.4 is 14.4 Å². The van der Waals surface area contributed by atoms with E-state index in [9.17, 15) is 14.7 Å². The van der Waals surface area contributed by atoms with Gasteiger partial charge in [0, 0.05) is 18.2 Å². The first-order chi connectivity index (χ1) is 14.0. The van der Waals surface area contributed by atoms with Crippen molar-refractivity contribution in [1.82, 2.24) is 0 Å². The SMILES string of the molecule is CCC(=O)C1=C(O)C(=O)N(c2ccc3c(c2)OCCO3)C1c1ccc(CC)cc1. The Morgan fingerprint density at radius 2 is 1.76 bits per heavy atom. The van der Waals surface area contributed by atoms with Gasteiger partial charge in [-0.15, -0.1) is 0 Å². The summed E-state index contributed by atoms with van der Waals surface area (Å²) >= 11 is 0. The van der Waals surface area contributed by atoms with Crippen molar-refractivity contribution in [3.63, 3.8) is 0 Å². The van der Waals surface area contributed by atoms with Crippen molar-refractivity contribution in [3.8, 4) is 11.5 Å². The number of hydrogen-bond donors (Lipinski definition) is 1. The maximum Gasteiger partial charge on any atom is 0.294 e. The lowest BCUT2D eigenvalue weighted by molar-refractivity contribution is -0.118. The lowest BCUT2D eigenvalue weighted by Crippen LogP contribution is -2.31. The van der Waals surface area contributed by atoms with Crippen LogP contribution in [-0.2, 0) is 16.0 Å². The average molecular weight is 393 g/mol. The minimum Gasteiger partial charge on any atom is -0.503 e. The van der Waals surface area contributed by atoms with Crippen molar-refractivity contribution in [2.24, 2.45) is 0 Å². The van der Waals surface area contributed by atoms with Gasteiger partial charge in [0.1, 0.15) is 13.2 Å². The molecule has 4 rings (SSSR count). The highest BCUT2D eigenvalue weighted by Crippen LogP contribution is 2.44. The number of fused-ring (bicyclic) bond motifs is 1. The number of amides is 1. The van der Waals surface area contributed by atoms with Gasteiger partial charge >= 0.3 is 0 Å². The average Bonchev–Trinajstić information content (AvgIpc) is 3.03. The van der Waals surface area contributed by atoms with Crippen molar-refractivity contribution in [2.75, 3.05) is 18.1 Å². The van der Waals surface area contributed by atoms with Gasteiger partial charge in [0.05, 0.1) is 11.6 Å². The summed E-state index contributed by atoms with van der Waals surface area (Å²) in [6.45, 7) is 4.68. The van der Waals surface area contributed by atoms with Crippen LogP contribution in [-0.4, -0.2) is 30.0 Å². The Hall–Kier alpha value is -3.28. The summed E-state index contributed by atoms with van der Waals surface area (Å²) in [6.07, 6.45) is 1.09. The van der Waals surface area contributed by atoms with E-state index in [-0.39, 0.29) is 17.8 Å². The fourth-order valence-corrected chi connectivity index (χ4v) is 3.78. The summed E-state index contributed by atoms with van der Waals surface area (Å²) in [6, 6.07) is 12.3. The second-order valence-electron chi connectivity index (χ2n) is 7.04. The number of carbonyl (C=O) groups is 2. The van der Waals surface area contributed by atoms with E-state index in [1.54, 1.807) is 25.1 Å². The highest BCUT2D eigenvalue weighted by atomic mass is 16.6. The molecule has 0 fully saturated rings. The van der Waals surface area contributed by atoms with Crippen LogP contribution in [0.4, 0.5) is 5.69 Å². The van der Waals surface area contributed by atoms with E-state index in [0.29, 0.717) is 30.4 Å². The Kier molecular flexibility index (Phi) is 5.01. The minimum absolute atomic E-state index is 0.136. The van der Waals surface area contributed by atoms with E-state index in [1.165, 1.54) is 4.90 Å². The number of aryl methyl sites for hydroxylation is 1. The highest BCUT2D eigenvalue weighted by molar-refractivity contribution is 6.16. The van der Waals surface area contributed by atoms with Crippen LogP contribution in [0.3, 0.4) is 0 Å². The first kappa shape index (κ1) is 19.1. The van der Waals surface area contributed by atoms with Gasteiger partial charge in [-0.05, 0) is 29.7 Å². The van der Waals surface area contributed by atoms with E-state index < -0.39 is 17.7 Å².